The zero-order valence-corrected chi connectivity index (χ0v) is 6.62. The van der Waals surface area contributed by atoms with Crippen LogP contribution in [-0.2, 0) is 4.74 Å². The minimum absolute atomic E-state index is 0.169. The van der Waals surface area contributed by atoms with Crippen molar-refractivity contribution in [1.29, 1.82) is 0 Å². The summed E-state index contributed by atoms with van der Waals surface area (Å²) in [5.41, 5.74) is 10.3. The van der Waals surface area contributed by atoms with Crippen LogP contribution in [0.3, 0.4) is 0 Å². The van der Waals surface area contributed by atoms with Gasteiger partial charge in [0.25, 0.3) is 0 Å². The second-order valence-electron chi connectivity index (χ2n) is 2.73. The number of ether oxygens (including phenoxy) is 1. The van der Waals surface area contributed by atoms with Crippen LogP contribution in [0.15, 0.2) is 4.99 Å². The molecule has 1 saturated heterocycles. The predicted octanol–water partition coefficient (Wildman–Crippen LogP) is -0.171. The van der Waals surface area contributed by atoms with Gasteiger partial charge in [-0.05, 0) is 19.3 Å². The van der Waals surface area contributed by atoms with Crippen LogP contribution in [0.4, 0.5) is 0 Å². The Morgan fingerprint density at radius 3 is 2.91 bits per heavy atom. The Morgan fingerprint density at radius 1 is 1.55 bits per heavy atom. The van der Waals surface area contributed by atoms with E-state index < -0.39 is 0 Å². The first kappa shape index (κ1) is 8.33. The highest BCUT2D eigenvalue weighted by atomic mass is 16.5. The molecule has 0 aliphatic carbocycles. The van der Waals surface area contributed by atoms with Gasteiger partial charge in [-0.25, -0.2) is 0 Å². The normalized spacial score (nSPS) is 23.5. The number of hydrogen-bond donors (Lipinski definition) is 2. The van der Waals surface area contributed by atoms with Gasteiger partial charge in [-0.1, -0.05) is 0 Å². The van der Waals surface area contributed by atoms with E-state index in [2.05, 4.69) is 4.99 Å². The molecule has 1 aliphatic heterocycles. The Bertz CT molecular complexity index is 137. The molecule has 11 heavy (non-hydrogen) atoms. The zero-order chi connectivity index (χ0) is 8.10. The first-order valence-electron chi connectivity index (χ1n) is 3.96. The molecule has 0 bridgehead atoms. The summed E-state index contributed by atoms with van der Waals surface area (Å²) in [4.78, 5) is 3.88. The van der Waals surface area contributed by atoms with Crippen molar-refractivity contribution in [3.63, 3.8) is 0 Å². The molecule has 0 aromatic heterocycles. The van der Waals surface area contributed by atoms with Gasteiger partial charge in [0.2, 0.25) is 0 Å². The highest BCUT2D eigenvalue weighted by Gasteiger charge is 2.13. The van der Waals surface area contributed by atoms with E-state index in [1.54, 1.807) is 0 Å². The van der Waals surface area contributed by atoms with Crippen LogP contribution in [0.25, 0.3) is 0 Å². The molecule has 1 rings (SSSR count). The minimum Gasteiger partial charge on any atom is -0.378 e. The van der Waals surface area contributed by atoms with Crippen molar-refractivity contribution >= 4 is 5.96 Å². The fourth-order valence-electron chi connectivity index (χ4n) is 1.21. The monoisotopic (exact) mass is 157 g/mol. The van der Waals surface area contributed by atoms with Crippen LogP contribution in [0.5, 0.6) is 0 Å². The summed E-state index contributed by atoms with van der Waals surface area (Å²) in [5, 5.41) is 0. The van der Waals surface area contributed by atoms with Gasteiger partial charge in [0.05, 0.1) is 6.10 Å². The molecule has 0 amide bonds. The smallest absolute Gasteiger partial charge is 0.185 e. The van der Waals surface area contributed by atoms with Gasteiger partial charge < -0.3 is 16.2 Å². The van der Waals surface area contributed by atoms with Crippen LogP contribution in [0, 0.1) is 0 Å². The molecule has 0 radical (unpaired) electrons. The molecule has 1 atom stereocenters. The van der Waals surface area contributed by atoms with Crippen LogP contribution in [0.1, 0.15) is 19.3 Å². The summed E-state index contributed by atoms with van der Waals surface area (Å²) in [6, 6.07) is 0. The summed E-state index contributed by atoms with van der Waals surface area (Å²) in [6.45, 7) is 1.58. The molecule has 1 aliphatic rings. The van der Waals surface area contributed by atoms with Gasteiger partial charge in [0, 0.05) is 13.2 Å². The lowest BCUT2D eigenvalue weighted by Crippen LogP contribution is -2.23. The average Bonchev–Trinajstić information content (AvgIpc) is 2.39. The maximum atomic E-state index is 5.38. The highest BCUT2D eigenvalue weighted by Crippen LogP contribution is 2.14. The molecule has 1 fully saturated rings. The van der Waals surface area contributed by atoms with Crippen molar-refractivity contribution in [2.24, 2.45) is 16.5 Å². The third-order valence-corrected chi connectivity index (χ3v) is 1.77. The summed E-state index contributed by atoms with van der Waals surface area (Å²) in [7, 11) is 0. The van der Waals surface area contributed by atoms with Gasteiger partial charge in [0.1, 0.15) is 0 Å². The SMILES string of the molecule is NC(N)=NCCC1CCCO1. The van der Waals surface area contributed by atoms with Crippen LogP contribution in [-0.4, -0.2) is 25.2 Å². The fourth-order valence-corrected chi connectivity index (χ4v) is 1.21. The Kier molecular flexibility index (Phi) is 3.16. The van der Waals surface area contributed by atoms with E-state index in [-0.39, 0.29) is 5.96 Å². The van der Waals surface area contributed by atoms with Gasteiger partial charge >= 0.3 is 0 Å². The fraction of sp³-hybridized carbons (Fsp3) is 0.857. The van der Waals surface area contributed by atoms with E-state index in [1.807, 2.05) is 0 Å². The molecule has 0 spiro atoms. The number of nitrogens with zero attached hydrogens (tertiary/aromatic N) is 1. The topological polar surface area (TPSA) is 73.6 Å². The lowest BCUT2D eigenvalue weighted by atomic mass is 10.2. The molecule has 0 saturated carbocycles. The quantitative estimate of drug-likeness (QED) is 0.441. The van der Waals surface area contributed by atoms with Crippen molar-refractivity contribution in [1.82, 2.24) is 0 Å². The number of nitrogens with two attached hydrogens (primary N) is 2. The summed E-state index contributed by atoms with van der Waals surface area (Å²) in [5.74, 6) is 0.169. The summed E-state index contributed by atoms with van der Waals surface area (Å²) in [6.07, 6.45) is 3.66. The Labute approximate surface area is 66.6 Å². The van der Waals surface area contributed by atoms with Crippen LogP contribution < -0.4 is 11.5 Å². The largest absolute Gasteiger partial charge is 0.378 e. The number of rotatable bonds is 3. The molecule has 1 heterocycles. The molecule has 1 unspecified atom stereocenters. The van der Waals surface area contributed by atoms with Crippen molar-refractivity contribution in [3.8, 4) is 0 Å². The standard InChI is InChI=1S/C7H15N3O/c8-7(9)10-4-3-6-2-1-5-11-6/h6H,1-5H2,(H4,8,9,10). The van der Waals surface area contributed by atoms with Crippen LogP contribution >= 0.6 is 0 Å². The minimum atomic E-state index is 0.169. The Balaban J connectivity index is 2.07. The van der Waals surface area contributed by atoms with Gasteiger partial charge in [-0.15, -0.1) is 0 Å². The van der Waals surface area contributed by atoms with E-state index >= 15 is 0 Å². The molecule has 4 heteroatoms. The summed E-state index contributed by atoms with van der Waals surface area (Å²) >= 11 is 0. The molecular formula is C7H15N3O. The van der Waals surface area contributed by atoms with Crippen molar-refractivity contribution in [2.75, 3.05) is 13.2 Å². The molecule has 4 nitrogen and oxygen atoms in total. The van der Waals surface area contributed by atoms with Crippen molar-refractivity contribution in [2.45, 2.75) is 25.4 Å². The highest BCUT2D eigenvalue weighted by molar-refractivity contribution is 5.75. The van der Waals surface area contributed by atoms with Crippen molar-refractivity contribution in [3.05, 3.63) is 0 Å². The molecule has 4 N–H and O–H groups in total. The Hall–Kier alpha value is -0.770. The van der Waals surface area contributed by atoms with Crippen molar-refractivity contribution < 1.29 is 4.74 Å². The molecular weight excluding hydrogens is 142 g/mol. The van der Waals surface area contributed by atoms with Crippen LogP contribution in [0.2, 0.25) is 0 Å². The van der Waals surface area contributed by atoms with E-state index in [9.17, 15) is 0 Å². The van der Waals surface area contributed by atoms with E-state index in [4.69, 9.17) is 16.2 Å². The lowest BCUT2D eigenvalue weighted by Gasteiger charge is -2.05. The first-order valence-corrected chi connectivity index (χ1v) is 3.96. The van der Waals surface area contributed by atoms with Gasteiger partial charge in [0.15, 0.2) is 5.96 Å². The molecule has 0 aromatic rings. The third kappa shape index (κ3) is 3.23. The lowest BCUT2D eigenvalue weighted by molar-refractivity contribution is 0.106. The van der Waals surface area contributed by atoms with Gasteiger partial charge in [-0.3, -0.25) is 4.99 Å². The third-order valence-electron chi connectivity index (χ3n) is 1.77. The number of guanidine groups is 1. The second-order valence-corrected chi connectivity index (χ2v) is 2.73. The maximum absolute atomic E-state index is 5.38. The van der Waals surface area contributed by atoms with E-state index in [1.165, 1.54) is 6.42 Å². The van der Waals surface area contributed by atoms with Gasteiger partial charge in [-0.2, -0.15) is 0 Å². The Morgan fingerprint density at radius 2 is 2.36 bits per heavy atom. The van der Waals surface area contributed by atoms with E-state index in [0.29, 0.717) is 12.6 Å². The first-order chi connectivity index (χ1) is 5.29. The second kappa shape index (κ2) is 4.18. The number of hydrogen-bond acceptors (Lipinski definition) is 2. The number of aliphatic imine (C=N–C) groups is 1. The molecule has 0 aromatic carbocycles. The van der Waals surface area contributed by atoms with E-state index in [0.717, 1.165) is 19.4 Å². The molecule has 64 valence electrons. The predicted molar refractivity (Wildman–Crippen MR) is 44.3 cm³/mol. The maximum Gasteiger partial charge on any atom is 0.185 e. The zero-order valence-electron chi connectivity index (χ0n) is 6.62. The average molecular weight is 157 g/mol. The summed E-state index contributed by atoms with van der Waals surface area (Å²) < 4.78 is 5.38.